The fraction of sp³-hybridized carbons (Fsp3) is 0.538. The van der Waals surface area contributed by atoms with Crippen molar-refractivity contribution in [2.75, 3.05) is 25.6 Å². The van der Waals surface area contributed by atoms with Crippen molar-refractivity contribution in [1.82, 2.24) is 4.98 Å². The molecule has 0 amide bonds. The molecule has 0 saturated heterocycles. The number of ether oxygens (including phenoxy) is 1. The summed E-state index contributed by atoms with van der Waals surface area (Å²) in [5, 5.41) is 12.2. The second kappa shape index (κ2) is 6.73. The van der Waals surface area contributed by atoms with Gasteiger partial charge in [0.15, 0.2) is 0 Å². The van der Waals surface area contributed by atoms with E-state index in [1.54, 1.807) is 7.11 Å². The van der Waals surface area contributed by atoms with Crippen LogP contribution >= 0.6 is 11.6 Å². The van der Waals surface area contributed by atoms with Crippen molar-refractivity contribution >= 4 is 23.4 Å². The van der Waals surface area contributed by atoms with Gasteiger partial charge in [-0.2, -0.15) is 0 Å². The maximum atomic E-state index is 11.0. The molecular weight excluding hydrogens is 268 g/mol. The first-order valence-corrected chi connectivity index (χ1v) is 6.35. The summed E-state index contributed by atoms with van der Waals surface area (Å²) in [5.41, 5.74) is 0.0784. The molecule has 0 aliphatic heterocycles. The molecule has 0 unspecified atom stereocenters. The molecule has 1 aromatic rings. The predicted molar refractivity (Wildman–Crippen MR) is 75.0 cm³/mol. The van der Waals surface area contributed by atoms with Crippen LogP contribution < -0.4 is 5.32 Å². The number of methoxy groups -OCH3 is 1. The van der Waals surface area contributed by atoms with Gasteiger partial charge in [-0.25, -0.2) is 9.78 Å². The number of aromatic nitrogens is 1. The summed E-state index contributed by atoms with van der Waals surface area (Å²) in [7, 11) is 1.67. The third kappa shape index (κ3) is 5.04. The van der Waals surface area contributed by atoms with E-state index >= 15 is 0 Å². The molecule has 0 spiro atoms. The van der Waals surface area contributed by atoms with Crippen LogP contribution in [0.15, 0.2) is 12.3 Å². The molecule has 0 aliphatic carbocycles. The SMILES string of the molecule is COCCC(C)(C)CNc1cc(C(=O)O)c(Cl)cn1. The highest BCUT2D eigenvalue weighted by molar-refractivity contribution is 6.33. The summed E-state index contributed by atoms with van der Waals surface area (Å²) in [4.78, 5) is 15.0. The molecule has 6 heteroatoms. The lowest BCUT2D eigenvalue weighted by Gasteiger charge is -2.24. The summed E-state index contributed by atoms with van der Waals surface area (Å²) in [6.07, 6.45) is 2.24. The number of rotatable bonds is 7. The van der Waals surface area contributed by atoms with Gasteiger partial charge in [0.25, 0.3) is 0 Å². The monoisotopic (exact) mass is 286 g/mol. The van der Waals surface area contributed by atoms with Crippen molar-refractivity contribution < 1.29 is 14.6 Å². The standard InChI is InChI=1S/C13H19ClN2O3/c1-13(2,4-5-19-3)8-16-11-6-9(12(17)18)10(14)7-15-11/h6-7H,4-5,8H2,1-3H3,(H,15,16)(H,17,18). The second-order valence-corrected chi connectivity index (χ2v) is 5.52. The maximum Gasteiger partial charge on any atom is 0.337 e. The zero-order chi connectivity index (χ0) is 14.5. The Morgan fingerprint density at radius 3 is 2.84 bits per heavy atom. The number of carboxylic acids is 1. The Hall–Kier alpha value is -1.33. The lowest BCUT2D eigenvalue weighted by molar-refractivity contribution is 0.0697. The van der Waals surface area contributed by atoms with Gasteiger partial charge in [-0.15, -0.1) is 0 Å². The van der Waals surface area contributed by atoms with E-state index in [0.29, 0.717) is 19.0 Å². The van der Waals surface area contributed by atoms with E-state index in [2.05, 4.69) is 24.1 Å². The number of nitrogens with one attached hydrogen (secondary N) is 1. The molecule has 0 aliphatic rings. The Bertz CT molecular complexity index is 450. The van der Waals surface area contributed by atoms with Gasteiger partial charge < -0.3 is 15.2 Å². The van der Waals surface area contributed by atoms with Crippen LogP contribution in [0.5, 0.6) is 0 Å². The Labute approximate surface area is 117 Å². The number of anilines is 1. The first kappa shape index (κ1) is 15.7. The zero-order valence-electron chi connectivity index (χ0n) is 11.4. The topological polar surface area (TPSA) is 71.5 Å². The quantitative estimate of drug-likeness (QED) is 0.806. The lowest BCUT2D eigenvalue weighted by Crippen LogP contribution is -2.25. The second-order valence-electron chi connectivity index (χ2n) is 5.12. The van der Waals surface area contributed by atoms with E-state index < -0.39 is 5.97 Å². The molecular formula is C13H19ClN2O3. The molecule has 0 fully saturated rings. The molecule has 106 valence electrons. The molecule has 0 bridgehead atoms. The van der Waals surface area contributed by atoms with Crippen molar-refractivity contribution in [2.24, 2.45) is 5.41 Å². The third-order valence-corrected chi connectivity index (χ3v) is 3.12. The van der Waals surface area contributed by atoms with Crippen molar-refractivity contribution in [3.63, 3.8) is 0 Å². The van der Waals surface area contributed by atoms with Crippen LogP contribution in [-0.2, 0) is 4.74 Å². The molecule has 0 atom stereocenters. The minimum absolute atomic E-state index is 0.0285. The van der Waals surface area contributed by atoms with Gasteiger partial charge in [0.2, 0.25) is 0 Å². The van der Waals surface area contributed by atoms with Crippen molar-refractivity contribution in [3.05, 3.63) is 22.8 Å². The van der Waals surface area contributed by atoms with E-state index in [1.165, 1.54) is 12.3 Å². The van der Waals surface area contributed by atoms with Gasteiger partial charge in [-0.05, 0) is 17.9 Å². The fourth-order valence-electron chi connectivity index (χ4n) is 1.50. The summed E-state index contributed by atoms with van der Waals surface area (Å²) in [5.74, 6) is -0.554. The van der Waals surface area contributed by atoms with E-state index in [-0.39, 0.29) is 16.0 Å². The van der Waals surface area contributed by atoms with Crippen molar-refractivity contribution in [3.8, 4) is 0 Å². The molecule has 1 rings (SSSR count). The maximum absolute atomic E-state index is 11.0. The fourth-order valence-corrected chi connectivity index (χ4v) is 1.68. The molecule has 0 aromatic carbocycles. The highest BCUT2D eigenvalue weighted by Crippen LogP contribution is 2.22. The number of nitrogens with zero attached hydrogens (tertiary/aromatic N) is 1. The van der Waals surface area contributed by atoms with Crippen LogP contribution in [0, 0.1) is 5.41 Å². The highest BCUT2D eigenvalue weighted by Gasteiger charge is 2.18. The summed E-state index contributed by atoms with van der Waals surface area (Å²) in [6, 6.07) is 1.44. The van der Waals surface area contributed by atoms with E-state index in [1.807, 2.05) is 0 Å². The van der Waals surface area contributed by atoms with Gasteiger partial charge in [0.1, 0.15) is 5.82 Å². The first-order valence-electron chi connectivity index (χ1n) is 5.97. The van der Waals surface area contributed by atoms with Gasteiger partial charge in [-0.3, -0.25) is 0 Å². The highest BCUT2D eigenvalue weighted by atomic mass is 35.5. The molecule has 0 radical (unpaired) electrons. The average Bonchev–Trinajstić information content (AvgIpc) is 2.35. The van der Waals surface area contributed by atoms with Gasteiger partial charge in [-0.1, -0.05) is 25.4 Å². The molecule has 5 nitrogen and oxygen atoms in total. The van der Waals surface area contributed by atoms with Crippen LogP contribution in [0.4, 0.5) is 5.82 Å². The minimum Gasteiger partial charge on any atom is -0.478 e. The molecule has 0 saturated carbocycles. The molecule has 1 heterocycles. The van der Waals surface area contributed by atoms with Crippen LogP contribution in [-0.4, -0.2) is 36.3 Å². The predicted octanol–water partition coefficient (Wildman–Crippen LogP) is 2.91. The molecule has 1 aromatic heterocycles. The van der Waals surface area contributed by atoms with Gasteiger partial charge >= 0.3 is 5.97 Å². The van der Waals surface area contributed by atoms with Crippen LogP contribution in [0.2, 0.25) is 5.02 Å². The Morgan fingerprint density at radius 2 is 2.26 bits per heavy atom. The molecule has 19 heavy (non-hydrogen) atoms. The largest absolute Gasteiger partial charge is 0.478 e. The smallest absolute Gasteiger partial charge is 0.337 e. The Balaban J connectivity index is 2.68. The normalized spacial score (nSPS) is 11.4. The van der Waals surface area contributed by atoms with Gasteiger partial charge in [0.05, 0.1) is 10.6 Å². The number of halogens is 1. The van der Waals surface area contributed by atoms with Crippen LogP contribution in [0.25, 0.3) is 0 Å². The van der Waals surface area contributed by atoms with E-state index in [4.69, 9.17) is 21.4 Å². The Kier molecular flexibility index (Phi) is 5.57. The number of hydrogen-bond acceptors (Lipinski definition) is 4. The van der Waals surface area contributed by atoms with Crippen molar-refractivity contribution in [1.29, 1.82) is 0 Å². The van der Waals surface area contributed by atoms with Gasteiger partial charge in [0, 0.05) is 26.5 Å². The summed E-state index contributed by atoms with van der Waals surface area (Å²) >= 11 is 5.76. The van der Waals surface area contributed by atoms with E-state index in [9.17, 15) is 4.79 Å². The number of aromatic carboxylic acids is 1. The lowest BCUT2D eigenvalue weighted by atomic mass is 9.90. The number of hydrogen-bond donors (Lipinski definition) is 2. The molecule has 2 N–H and O–H groups in total. The number of carboxylic acid groups (broad SMARTS) is 1. The minimum atomic E-state index is -1.06. The average molecular weight is 287 g/mol. The van der Waals surface area contributed by atoms with E-state index in [0.717, 1.165) is 6.42 Å². The number of pyridine rings is 1. The Morgan fingerprint density at radius 1 is 1.58 bits per heavy atom. The van der Waals surface area contributed by atoms with Crippen LogP contribution in [0.3, 0.4) is 0 Å². The number of carbonyl (C=O) groups is 1. The zero-order valence-corrected chi connectivity index (χ0v) is 12.1. The first-order chi connectivity index (χ1) is 8.85. The van der Waals surface area contributed by atoms with Crippen LogP contribution in [0.1, 0.15) is 30.6 Å². The summed E-state index contributed by atoms with van der Waals surface area (Å²) < 4.78 is 5.06. The summed E-state index contributed by atoms with van der Waals surface area (Å²) in [6.45, 7) is 5.56. The third-order valence-electron chi connectivity index (χ3n) is 2.82. The van der Waals surface area contributed by atoms with Crippen molar-refractivity contribution in [2.45, 2.75) is 20.3 Å².